The van der Waals surface area contributed by atoms with Gasteiger partial charge in [-0.1, -0.05) is 33.6 Å². The number of aliphatic hydroxyl groups is 1. The van der Waals surface area contributed by atoms with Gasteiger partial charge < -0.3 is 15.3 Å². The Kier molecular flexibility index (Phi) is 5.65. The molecule has 0 radical (unpaired) electrons. The summed E-state index contributed by atoms with van der Waals surface area (Å²) in [5, 5.41) is 13.1. The van der Waals surface area contributed by atoms with E-state index in [1.165, 1.54) is 5.57 Å². The Balaban J connectivity index is 1.86. The van der Waals surface area contributed by atoms with Crippen LogP contribution >= 0.6 is 0 Å². The van der Waals surface area contributed by atoms with Gasteiger partial charge in [0.1, 0.15) is 0 Å². The van der Waals surface area contributed by atoms with E-state index in [0.29, 0.717) is 17.7 Å². The molecule has 0 aromatic rings. The number of rotatable bonds is 6. The lowest BCUT2D eigenvalue weighted by Crippen LogP contribution is -2.44. The molecule has 31 heavy (non-hydrogen) atoms. The molecule has 168 valence electrons. The minimum absolute atomic E-state index is 0.0819. The van der Waals surface area contributed by atoms with E-state index in [1.807, 2.05) is 4.90 Å². The summed E-state index contributed by atoms with van der Waals surface area (Å²) in [6.07, 6.45) is 10.8. The molecule has 5 nitrogen and oxygen atoms in total. The van der Waals surface area contributed by atoms with Crippen molar-refractivity contribution >= 4 is 11.7 Å². The van der Waals surface area contributed by atoms with Gasteiger partial charge in [0.2, 0.25) is 11.7 Å². The van der Waals surface area contributed by atoms with Gasteiger partial charge in [0, 0.05) is 17.8 Å². The molecule has 0 spiro atoms. The molecule has 2 heterocycles. The molecule has 2 aliphatic carbocycles. The Bertz CT molecular complexity index is 930. The first kappa shape index (κ1) is 21.9. The van der Waals surface area contributed by atoms with Crippen LogP contribution in [0.2, 0.25) is 0 Å². The maximum absolute atomic E-state index is 13.8. The van der Waals surface area contributed by atoms with Crippen LogP contribution in [0, 0.1) is 5.41 Å². The number of nitrogens with one attached hydrogen (secondary N) is 1. The number of aliphatic hydroxyl groups excluding tert-OH is 1. The van der Waals surface area contributed by atoms with Gasteiger partial charge in [-0.25, -0.2) is 0 Å². The SMILES string of the molecule is CCCN1C(=O)C(CCC)(CCC)C2=C1C=C1C3=C(NC1(C)C2)C(=O)/C(=C/O)CCC3. The van der Waals surface area contributed by atoms with Crippen LogP contribution < -0.4 is 5.32 Å². The number of Topliss-reactive ketones (excluding diaryl/α,β-unsaturated/α-hetero) is 1. The zero-order chi connectivity index (χ0) is 22.4. The zero-order valence-electron chi connectivity index (χ0n) is 19.4. The molecule has 2 N–H and O–H groups in total. The Morgan fingerprint density at radius 2 is 1.84 bits per heavy atom. The monoisotopic (exact) mass is 424 g/mol. The van der Waals surface area contributed by atoms with E-state index in [2.05, 4.69) is 39.1 Å². The highest BCUT2D eigenvalue weighted by molar-refractivity contribution is 6.10. The van der Waals surface area contributed by atoms with Crippen molar-refractivity contribution in [2.24, 2.45) is 5.41 Å². The Morgan fingerprint density at radius 1 is 1.13 bits per heavy atom. The number of amides is 1. The van der Waals surface area contributed by atoms with Crippen LogP contribution in [0.3, 0.4) is 0 Å². The summed E-state index contributed by atoms with van der Waals surface area (Å²) in [5.41, 5.74) is 4.91. The summed E-state index contributed by atoms with van der Waals surface area (Å²) in [4.78, 5) is 28.9. The van der Waals surface area contributed by atoms with Crippen LogP contribution in [0.15, 0.2) is 46.0 Å². The molecule has 5 heteroatoms. The predicted octanol–water partition coefficient (Wildman–Crippen LogP) is 5.22. The van der Waals surface area contributed by atoms with Crippen molar-refractivity contribution in [3.05, 3.63) is 46.0 Å². The number of hydrogen-bond donors (Lipinski definition) is 2. The lowest BCUT2D eigenvalue weighted by Gasteiger charge is -2.38. The molecule has 4 aliphatic rings. The van der Waals surface area contributed by atoms with Gasteiger partial charge >= 0.3 is 0 Å². The first-order valence-corrected chi connectivity index (χ1v) is 12.0. The normalized spacial score (nSPS) is 28.5. The summed E-state index contributed by atoms with van der Waals surface area (Å²) in [5.74, 6) is 0.196. The number of carbonyl (C=O) groups is 2. The number of carbonyl (C=O) groups excluding carboxylic acids is 2. The summed E-state index contributed by atoms with van der Waals surface area (Å²) < 4.78 is 0. The molecule has 0 fully saturated rings. The fourth-order valence-corrected chi connectivity index (χ4v) is 6.34. The first-order chi connectivity index (χ1) is 14.9. The summed E-state index contributed by atoms with van der Waals surface area (Å²) >= 11 is 0. The van der Waals surface area contributed by atoms with Crippen LogP contribution in [0.1, 0.15) is 85.5 Å². The van der Waals surface area contributed by atoms with E-state index in [-0.39, 0.29) is 17.2 Å². The van der Waals surface area contributed by atoms with Gasteiger partial charge in [0.15, 0.2) is 0 Å². The fraction of sp³-hybridized carbons (Fsp3) is 0.615. The molecule has 0 aromatic carbocycles. The van der Waals surface area contributed by atoms with Crippen molar-refractivity contribution in [3.63, 3.8) is 0 Å². The first-order valence-electron chi connectivity index (χ1n) is 12.0. The molecular formula is C26H36N2O3. The fourth-order valence-electron chi connectivity index (χ4n) is 6.34. The molecule has 0 saturated heterocycles. The average molecular weight is 425 g/mol. The molecule has 1 atom stereocenters. The summed E-state index contributed by atoms with van der Waals surface area (Å²) in [6, 6.07) is 0. The molecule has 0 saturated carbocycles. The standard InChI is InChI=1S/C26H36N2O3/c1-5-11-26(12-6-2)20-15-25(4)19(14-21(20)28(13-7-3)24(26)31)18-10-8-9-17(16-29)23(30)22(18)27-25/h14,16,27,29H,5-13,15H2,1-4H3/b17-16+. The molecular weight excluding hydrogens is 388 g/mol. The maximum atomic E-state index is 13.8. The average Bonchev–Trinajstić information content (AvgIpc) is 3.07. The predicted molar refractivity (Wildman–Crippen MR) is 122 cm³/mol. The van der Waals surface area contributed by atoms with Crippen LogP contribution in [-0.2, 0) is 9.59 Å². The number of hydrogen-bond acceptors (Lipinski definition) is 4. The van der Waals surface area contributed by atoms with Crippen molar-refractivity contribution in [1.29, 1.82) is 0 Å². The minimum atomic E-state index is -0.416. The largest absolute Gasteiger partial charge is 0.515 e. The van der Waals surface area contributed by atoms with Crippen LogP contribution in [-0.4, -0.2) is 33.8 Å². The highest BCUT2D eigenvalue weighted by atomic mass is 16.2. The van der Waals surface area contributed by atoms with Crippen LogP contribution in [0.25, 0.3) is 0 Å². The van der Waals surface area contributed by atoms with E-state index in [4.69, 9.17) is 0 Å². The van der Waals surface area contributed by atoms with Gasteiger partial charge in [-0.3, -0.25) is 9.59 Å². The molecule has 1 amide bonds. The molecule has 1 unspecified atom stereocenters. The van der Waals surface area contributed by atoms with E-state index in [9.17, 15) is 14.7 Å². The maximum Gasteiger partial charge on any atom is 0.237 e. The van der Waals surface area contributed by atoms with Crippen LogP contribution in [0.4, 0.5) is 0 Å². The van der Waals surface area contributed by atoms with E-state index in [0.717, 1.165) is 81.0 Å². The van der Waals surface area contributed by atoms with Gasteiger partial charge in [-0.2, -0.15) is 0 Å². The third-order valence-electron chi connectivity index (χ3n) is 7.61. The highest BCUT2D eigenvalue weighted by Gasteiger charge is 2.56. The highest BCUT2D eigenvalue weighted by Crippen LogP contribution is 2.56. The third kappa shape index (κ3) is 3.11. The quantitative estimate of drug-likeness (QED) is 0.453. The summed E-state index contributed by atoms with van der Waals surface area (Å²) in [6.45, 7) is 9.36. The van der Waals surface area contributed by atoms with Crippen LogP contribution in [0.5, 0.6) is 0 Å². The van der Waals surface area contributed by atoms with Gasteiger partial charge in [0.25, 0.3) is 0 Å². The van der Waals surface area contributed by atoms with Crippen molar-refractivity contribution in [2.45, 2.75) is 91.0 Å². The van der Waals surface area contributed by atoms with Crippen molar-refractivity contribution < 1.29 is 14.7 Å². The van der Waals surface area contributed by atoms with Crippen molar-refractivity contribution in [3.8, 4) is 0 Å². The van der Waals surface area contributed by atoms with Gasteiger partial charge in [-0.15, -0.1) is 0 Å². The van der Waals surface area contributed by atoms with Crippen molar-refractivity contribution in [1.82, 2.24) is 10.2 Å². The lowest BCUT2D eigenvalue weighted by atomic mass is 9.67. The smallest absolute Gasteiger partial charge is 0.237 e. The number of nitrogens with zero attached hydrogens (tertiary/aromatic N) is 1. The van der Waals surface area contributed by atoms with Gasteiger partial charge in [0.05, 0.1) is 22.9 Å². The van der Waals surface area contributed by atoms with E-state index >= 15 is 0 Å². The van der Waals surface area contributed by atoms with E-state index in [1.54, 1.807) is 0 Å². The Labute approximate surface area is 186 Å². The number of fused-ring (bicyclic) bond motifs is 2. The second-order valence-corrected chi connectivity index (χ2v) is 9.79. The Hall–Kier alpha value is -2.30. The van der Waals surface area contributed by atoms with E-state index < -0.39 is 5.41 Å². The molecule has 4 rings (SSSR count). The minimum Gasteiger partial charge on any atom is -0.515 e. The topological polar surface area (TPSA) is 69.6 Å². The molecule has 0 bridgehead atoms. The lowest BCUT2D eigenvalue weighted by molar-refractivity contribution is -0.136. The number of ketones is 1. The second-order valence-electron chi connectivity index (χ2n) is 9.79. The number of allylic oxidation sites excluding steroid dienone is 2. The molecule has 0 aromatic heterocycles. The third-order valence-corrected chi connectivity index (χ3v) is 7.61. The van der Waals surface area contributed by atoms with Crippen molar-refractivity contribution in [2.75, 3.05) is 6.54 Å². The Morgan fingerprint density at radius 3 is 2.45 bits per heavy atom. The zero-order valence-corrected chi connectivity index (χ0v) is 19.4. The summed E-state index contributed by atoms with van der Waals surface area (Å²) in [7, 11) is 0. The van der Waals surface area contributed by atoms with Gasteiger partial charge in [-0.05, 0) is 74.7 Å². The second kappa shape index (κ2) is 7.99. The molecule has 2 aliphatic heterocycles.